The third kappa shape index (κ3) is 2.23. The Morgan fingerprint density at radius 3 is 2.53 bits per heavy atom. The summed E-state index contributed by atoms with van der Waals surface area (Å²) in [5, 5.41) is 6.76. The lowest BCUT2D eigenvalue weighted by molar-refractivity contribution is 0.449. The standard InChI is InChI=1S/C12H13F3N4/c1-3-7-11(16)12(19(2)18-7)17-8-5-4-6(13)9(14)10(8)15/h4-5,17H,3,16H2,1-2H3. The summed E-state index contributed by atoms with van der Waals surface area (Å²) < 4.78 is 40.9. The molecule has 0 radical (unpaired) electrons. The predicted molar refractivity (Wildman–Crippen MR) is 66.6 cm³/mol. The van der Waals surface area contributed by atoms with E-state index in [1.807, 2.05) is 6.92 Å². The molecular formula is C12H13F3N4. The van der Waals surface area contributed by atoms with Gasteiger partial charge in [0.25, 0.3) is 0 Å². The van der Waals surface area contributed by atoms with Gasteiger partial charge < -0.3 is 11.1 Å². The summed E-state index contributed by atoms with van der Waals surface area (Å²) in [6.07, 6.45) is 0.613. The number of halogens is 3. The Bertz CT molecular complexity index is 622. The number of aromatic nitrogens is 2. The molecule has 0 fully saturated rings. The highest BCUT2D eigenvalue weighted by Gasteiger charge is 2.17. The van der Waals surface area contributed by atoms with E-state index in [0.29, 0.717) is 23.6 Å². The molecule has 0 amide bonds. The van der Waals surface area contributed by atoms with Crippen LogP contribution >= 0.6 is 0 Å². The van der Waals surface area contributed by atoms with E-state index in [0.717, 1.165) is 12.1 Å². The zero-order chi connectivity index (χ0) is 14.2. The van der Waals surface area contributed by atoms with Gasteiger partial charge in [0.2, 0.25) is 0 Å². The molecule has 0 saturated carbocycles. The molecular weight excluding hydrogens is 257 g/mol. The molecule has 1 aromatic heterocycles. The van der Waals surface area contributed by atoms with Crippen LogP contribution in [0.4, 0.5) is 30.4 Å². The molecule has 0 bridgehead atoms. The molecule has 2 rings (SSSR count). The lowest BCUT2D eigenvalue weighted by Crippen LogP contribution is -2.04. The molecule has 2 aromatic rings. The summed E-state index contributed by atoms with van der Waals surface area (Å²) in [5.41, 5.74) is 6.65. The third-order valence-corrected chi connectivity index (χ3v) is 2.78. The fraction of sp³-hybridized carbons (Fsp3) is 0.250. The summed E-state index contributed by atoms with van der Waals surface area (Å²) in [7, 11) is 1.62. The number of hydrogen-bond acceptors (Lipinski definition) is 3. The number of rotatable bonds is 3. The monoisotopic (exact) mass is 270 g/mol. The largest absolute Gasteiger partial charge is 0.394 e. The Morgan fingerprint density at radius 2 is 1.95 bits per heavy atom. The number of anilines is 3. The number of hydrogen-bond donors (Lipinski definition) is 2. The van der Waals surface area contributed by atoms with Crippen molar-refractivity contribution in [2.24, 2.45) is 7.05 Å². The molecule has 1 heterocycles. The van der Waals surface area contributed by atoms with Crippen molar-refractivity contribution in [3.8, 4) is 0 Å². The minimum Gasteiger partial charge on any atom is -0.394 e. The Morgan fingerprint density at radius 1 is 1.26 bits per heavy atom. The van der Waals surface area contributed by atoms with Crippen LogP contribution in [0.3, 0.4) is 0 Å². The lowest BCUT2D eigenvalue weighted by atomic mass is 10.2. The van der Waals surface area contributed by atoms with Crippen molar-refractivity contribution in [3.63, 3.8) is 0 Å². The molecule has 7 heteroatoms. The molecule has 0 aliphatic heterocycles. The summed E-state index contributed by atoms with van der Waals surface area (Å²) in [6.45, 7) is 1.88. The minimum absolute atomic E-state index is 0.198. The van der Waals surface area contributed by atoms with E-state index in [-0.39, 0.29) is 5.69 Å². The fourth-order valence-corrected chi connectivity index (χ4v) is 1.76. The molecule has 0 spiro atoms. The van der Waals surface area contributed by atoms with Gasteiger partial charge in [-0.05, 0) is 18.6 Å². The summed E-state index contributed by atoms with van der Waals surface area (Å²) in [5.74, 6) is -3.72. The van der Waals surface area contributed by atoms with Crippen LogP contribution in [0, 0.1) is 17.5 Å². The Hall–Kier alpha value is -2.18. The zero-order valence-corrected chi connectivity index (χ0v) is 10.5. The maximum absolute atomic E-state index is 13.6. The van der Waals surface area contributed by atoms with Crippen molar-refractivity contribution in [1.29, 1.82) is 0 Å². The normalized spacial score (nSPS) is 10.8. The molecule has 0 saturated heterocycles. The van der Waals surface area contributed by atoms with Gasteiger partial charge in [0.15, 0.2) is 23.3 Å². The molecule has 3 N–H and O–H groups in total. The van der Waals surface area contributed by atoms with Gasteiger partial charge in [-0.15, -0.1) is 0 Å². The van der Waals surface area contributed by atoms with Crippen molar-refractivity contribution in [1.82, 2.24) is 9.78 Å². The predicted octanol–water partition coefficient (Wildman–Crippen LogP) is 2.73. The van der Waals surface area contributed by atoms with Crippen molar-refractivity contribution in [2.75, 3.05) is 11.1 Å². The highest BCUT2D eigenvalue weighted by molar-refractivity contribution is 5.71. The summed E-state index contributed by atoms with van der Waals surface area (Å²) >= 11 is 0. The Kier molecular flexibility index (Phi) is 3.37. The number of nitrogens with zero attached hydrogens (tertiary/aromatic N) is 2. The SMILES string of the molecule is CCc1nn(C)c(Nc2ccc(F)c(F)c2F)c1N. The number of aryl methyl sites for hydroxylation is 2. The topological polar surface area (TPSA) is 55.9 Å². The van der Waals surface area contributed by atoms with Gasteiger partial charge in [-0.2, -0.15) is 5.10 Å². The summed E-state index contributed by atoms with van der Waals surface area (Å²) in [4.78, 5) is 0. The van der Waals surface area contributed by atoms with Gasteiger partial charge in [0.05, 0.1) is 17.1 Å². The maximum atomic E-state index is 13.6. The van der Waals surface area contributed by atoms with Crippen LogP contribution < -0.4 is 11.1 Å². The third-order valence-electron chi connectivity index (χ3n) is 2.78. The van der Waals surface area contributed by atoms with Gasteiger partial charge in [-0.3, -0.25) is 4.68 Å². The van der Waals surface area contributed by atoms with Crippen LogP contribution in [0.15, 0.2) is 12.1 Å². The lowest BCUT2D eigenvalue weighted by Gasteiger charge is -2.09. The van der Waals surface area contributed by atoms with Crippen LogP contribution in [-0.2, 0) is 13.5 Å². The zero-order valence-electron chi connectivity index (χ0n) is 10.5. The van der Waals surface area contributed by atoms with Crippen molar-refractivity contribution in [2.45, 2.75) is 13.3 Å². The van der Waals surface area contributed by atoms with E-state index >= 15 is 0 Å². The number of nitrogen functional groups attached to an aromatic ring is 1. The average Bonchev–Trinajstić information content (AvgIpc) is 2.66. The first-order chi connectivity index (χ1) is 8.95. The van der Waals surface area contributed by atoms with Crippen LogP contribution in [0.25, 0.3) is 0 Å². The fourth-order valence-electron chi connectivity index (χ4n) is 1.76. The maximum Gasteiger partial charge on any atom is 0.196 e. The second-order valence-corrected chi connectivity index (χ2v) is 4.03. The van der Waals surface area contributed by atoms with Crippen LogP contribution in [0.1, 0.15) is 12.6 Å². The number of benzene rings is 1. The highest BCUT2D eigenvalue weighted by Crippen LogP contribution is 2.28. The second kappa shape index (κ2) is 4.83. The average molecular weight is 270 g/mol. The van der Waals surface area contributed by atoms with E-state index < -0.39 is 17.5 Å². The first-order valence-electron chi connectivity index (χ1n) is 5.67. The quantitative estimate of drug-likeness (QED) is 0.843. The number of nitrogens with two attached hydrogens (primary N) is 1. The van der Waals surface area contributed by atoms with Crippen molar-refractivity contribution in [3.05, 3.63) is 35.3 Å². The minimum atomic E-state index is -1.53. The van der Waals surface area contributed by atoms with E-state index in [9.17, 15) is 13.2 Å². The summed E-state index contributed by atoms with van der Waals surface area (Å²) in [6, 6.07) is 1.94. The molecule has 4 nitrogen and oxygen atoms in total. The molecule has 1 aromatic carbocycles. The van der Waals surface area contributed by atoms with Gasteiger partial charge >= 0.3 is 0 Å². The van der Waals surface area contributed by atoms with Crippen LogP contribution in [0.2, 0.25) is 0 Å². The molecule has 0 aliphatic rings. The highest BCUT2D eigenvalue weighted by atomic mass is 19.2. The Labute approximate surface area is 108 Å². The van der Waals surface area contributed by atoms with E-state index in [2.05, 4.69) is 10.4 Å². The number of nitrogens with one attached hydrogen (secondary N) is 1. The van der Waals surface area contributed by atoms with Crippen molar-refractivity contribution < 1.29 is 13.2 Å². The molecule has 102 valence electrons. The molecule has 0 unspecified atom stereocenters. The van der Waals surface area contributed by atoms with Crippen LogP contribution in [0.5, 0.6) is 0 Å². The Balaban J connectivity index is 2.42. The molecule has 0 aliphatic carbocycles. The molecule has 19 heavy (non-hydrogen) atoms. The van der Waals surface area contributed by atoms with Gasteiger partial charge in [-0.25, -0.2) is 13.2 Å². The van der Waals surface area contributed by atoms with Crippen LogP contribution in [-0.4, -0.2) is 9.78 Å². The van der Waals surface area contributed by atoms with Gasteiger partial charge in [0, 0.05) is 7.05 Å². The first kappa shape index (κ1) is 13.3. The van der Waals surface area contributed by atoms with E-state index in [4.69, 9.17) is 5.73 Å². The van der Waals surface area contributed by atoms with E-state index in [1.165, 1.54) is 4.68 Å². The smallest absolute Gasteiger partial charge is 0.196 e. The van der Waals surface area contributed by atoms with E-state index in [1.54, 1.807) is 7.05 Å². The van der Waals surface area contributed by atoms with Gasteiger partial charge in [-0.1, -0.05) is 6.92 Å². The second-order valence-electron chi connectivity index (χ2n) is 4.03. The molecule has 0 atom stereocenters. The first-order valence-corrected chi connectivity index (χ1v) is 5.67. The van der Waals surface area contributed by atoms with Crippen molar-refractivity contribution >= 4 is 17.2 Å². The van der Waals surface area contributed by atoms with Gasteiger partial charge in [0.1, 0.15) is 0 Å².